The van der Waals surface area contributed by atoms with Gasteiger partial charge in [-0.25, -0.2) is 0 Å². The molecule has 2 N–H and O–H groups in total. The molecule has 0 spiro atoms. The zero-order valence-electron chi connectivity index (χ0n) is 20.6. The van der Waals surface area contributed by atoms with E-state index in [1.165, 1.54) is 36.3 Å². The zero-order valence-corrected chi connectivity index (χ0v) is 21.5. The molecule has 3 atom stereocenters. The molecule has 1 heterocycles. The minimum Gasteiger partial charge on any atom is -0.497 e. The van der Waals surface area contributed by atoms with Gasteiger partial charge >= 0.3 is 0 Å². The van der Waals surface area contributed by atoms with E-state index in [9.17, 15) is 24.5 Å². The molecule has 192 valence electrons. The largest absolute Gasteiger partial charge is 0.497 e. The monoisotopic (exact) mass is 514 g/mol. The SMILES string of the molecule is COc1ccc(C(C(=O)NC(C)(C)C)N2C(=O)[C@H](CS)NC(=O)[C@@H]2Cc2ccc([N+](=O)[O-])cc2)cc1. The summed E-state index contributed by atoms with van der Waals surface area (Å²) in [4.78, 5) is 52.3. The van der Waals surface area contributed by atoms with Crippen molar-refractivity contribution in [3.8, 4) is 5.75 Å². The van der Waals surface area contributed by atoms with Gasteiger partial charge in [0, 0.05) is 29.8 Å². The molecule has 3 rings (SSSR count). The number of hydrogen-bond donors (Lipinski definition) is 3. The first-order chi connectivity index (χ1) is 16.9. The number of non-ortho nitro benzene ring substituents is 1. The molecule has 3 amide bonds. The van der Waals surface area contributed by atoms with E-state index < -0.39 is 46.3 Å². The van der Waals surface area contributed by atoms with E-state index in [1.54, 1.807) is 24.3 Å². The average Bonchev–Trinajstić information content (AvgIpc) is 2.82. The van der Waals surface area contributed by atoms with Crippen molar-refractivity contribution in [1.82, 2.24) is 15.5 Å². The van der Waals surface area contributed by atoms with E-state index in [0.717, 1.165) is 0 Å². The Hall–Kier alpha value is -3.60. The minimum absolute atomic E-state index is 0.0571. The Morgan fingerprint density at radius 1 is 1.17 bits per heavy atom. The van der Waals surface area contributed by atoms with Crippen LogP contribution in [-0.4, -0.2) is 58.0 Å². The lowest BCUT2D eigenvalue weighted by atomic mass is 9.93. The fourth-order valence-electron chi connectivity index (χ4n) is 4.05. The molecule has 1 saturated heterocycles. The van der Waals surface area contributed by atoms with Crippen molar-refractivity contribution < 1.29 is 24.0 Å². The summed E-state index contributed by atoms with van der Waals surface area (Å²) in [6, 6.07) is 9.44. The van der Waals surface area contributed by atoms with Gasteiger partial charge < -0.3 is 20.3 Å². The van der Waals surface area contributed by atoms with Crippen LogP contribution in [0.2, 0.25) is 0 Å². The predicted molar refractivity (Wildman–Crippen MR) is 137 cm³/mol. The number of rotatable bonds is 8. The number of amides is 3. The normalized spacial score (nSPS) is 18.9. The first-order valence-corrected chi connectivity index (χ1v) is 12.0. The first kappa shape index (κ1) is 27.0. The second kappa shape index (κ2) is 11.0. The molecule has 36 heavy (non-hydrogen) atoms. The molecule has 0 aromatic heterocycles. The third-order valence-electron chi connectivity index (χ3n) is 5.72. The van der Waals surface area contributed by atoms with Gasteiger partial charge in [-0.05, 0) is 44.0 Å². The van der Waals surface area contributed by atoms with Crippen molar-refractivity contribution >= 4 is 36.0 Å². The third kappa shape index (κ3) is 6.14. The summed E-state index contributed by atoms with van der Waals surface area (Å²) < 4.78 is 5.23. The van der Waals surface area contributed by atoms with E-state index >= 15 is 0 Å². The Morgan fingerprint density at radius 3 is 2.28 bits per heavy atom. The van der Waals surface area contributed by atoms with Crippen LogP contribution < -0.4 is 15.4 Å². The van der Waals surface area contributed by atoms with Gasteiger partial charge in [-0.1, -0.05) is 24.3 Å². The second-order valence-electron chi connectivity index (χ2n) is 9.55. The van der Waals surface area contributed by atoms with Crippen molar-refractivity contribution in [2.75, 3.05) is 12.9 Å². The smallest absolute Gasteiger partial charge is 0.269 e. The number of ether oxygens (including phenoxy) is 1. The molecule has 11 heteroatoms. The standard InChI is InChI=1S/C25H30N4O6S/c1-25(2,3)27-23(31)21(16-7-11-18(35-4)12-8-16)28-20(22(30)26-19(14-36)24(28)32)13-15-5-9-17(10-6-15)29(33)34/h5-12,19-21,36H,13-14H2,1-4H3,(H,26,30)(H,27,31)/t19-,20-,21?/m0/s1. The van der Waals surface area contributed by atoms with Crippen LogP contribution in [-0.2, 0) is 20.8 Å². The van der Waals surface area contributed by atoms with Crippen LogP contribution in [0.15, 0.2) is 48.5 Å². The van der Waals surface area contributed by atoms with Gasteiger partial charge in [0.15, 0.2) is 0 Å². The van der Waals surface area contributed by atoms with Gasteiger partial charge in [0.2, 0.25) is 17.7 Å². The van der Waals surface area contributed by atoms with E-state index in [4.69, 9.17) is 4.74 Å². The minimum atomic E-state index is -1.11. The van der Waals surface area contributed by atoms with Crippen LogP contribution in [0.25, 0.3) is 0 Å². The van der Waals surface area contributed by atoms with Crippen molar-refractivity contribution in [2.24, 2.45) is 0 Å². The topological polar surface area (TPSA) is 131 Å². The number of nitro benzene ring substituents is 1. The maximum Gasteiger partial charge on any atom is 0.269 e. The van der Waals surface area contributed by atoms with E-state index in [0.29, 0.717) is 16.9 Å². The van der Waals surface area contributed by atoms with E-state index in [2.05, 4.69) is 23.3 Å². The van der Waals surface area contributed by atoms with Crippen molar-refractivity contribution in [1.29, 1.82) is 0 Å². The number of nitrogens with zero attached hydrogens (tertiary/aromatic N) is 2. The van der Waals surface area contributed by atoms with Crippen LogP contribution in [0.4, 0.5) is 5.69 Å². The molecule has 1 aliphatic heterocycles. The molecule has 1 unspecified atom stereocenters. The highest BCUT2D eigenvalue weighted by atomic mass is 32.1. The molecule has 0 saturated carbocycles. The van der Waals surface area contributed by atoms with Crippen LogP contribution in [0.3, 0.4) is 0 Å². The Bertz CT molecular complexity index is 1130. The number of nitro groups is 1. The summed E-state index contributed by atoms with van der Waals surface area (Å²) in [5.41, 5.74) is 0.426. The Labute approximate surface area is 214 Å². The number of hydrogen-bond acceptors (Lipinski definition) is 7. The number of methoxy groups -OCH3 is 1. The molecular weight excluding hydrogens is 484 g/mol. The lowest BCUT2D eigenvalue weighted by molar-refractivity contribution is -0.384. The van der Waals surface area contributed by atoms with Crippen molar-refractivity contribution in [3.05, 3.63) is 69.8 Å². The highest BCUT2D eigenvalue weighted by Crippen LogP contribution is 2.31. The van der Waals surface area contributed by atoms with Crippen LogP contribution in [0.5, 0.6) is 5.75 Å². The lowest BCUT2D eigenvalue weighted by Gasteiger charge is -2.43. The average molecular weight is 515 g/mol. The molecule has 2 aromatic rings. The van der Waals surface area contributed by atoms with Crippen LogP contribution in [0, 0.1) is 10.1 Å². The van der Waals surface area contributed by atoms with Gasteiger partial charge in [-0.2, -0.15) is 12.6 Å². The van der Waals surface area contributed by atoms with Crippen LogP contribution >= 0.6 is 12.6 Å². The predicted octanol–water partition coefficient (Wildman–Crippen LogP) is 2.43. The maximum absolute atomic E-state index is 13.6. The Balaban J connectivity index is 2.09. The molecule has 0 radical (unpaired) electrons. The van der Waals surface area contributed by atoms with Gasteiger partial charge in [0.1, 0.15) is 23.9 Å². The highest BCUT2D eigenvalue weighted by molar-refractivity contribution is 7.80. The maximum atomic E-state index is 13.6. The number of carbonyl (C=O) groups is 3. The summed E-state index contributed by atoms with van der Waals surface area (Å²) in [6.45, 7) is 5.47. The highest BCUT2D eigenvalue weighted by Gasteiger charge is 2.46. The lowest BCUT2D eigenvalue weighted by Crippen LogP contribution is -2.66. The number of carbonyl (C=O) groups excluding carboxylic acids is 3. The van der Waals surface area contributed by atoms with E-state index in [1.807, 2.05) is 20.8 Å². The quantitative estimate of drug-likeness (QED) is 0.282. The molecule has 10 nitrogen and oxygen atoms in total. The van der Waals surface area contributed by atoms with Gasteiger partial charge in [0.05, 0.1) is 12.0 Å². The van der Waals surface area contributed by atoms with Crippen molar-refractivity contribution in [3.63, 3.8) is 0 Å². The zero-order chi connectivity index (χ0) is 26.6. The summed E-state index contributed by atoms with van der Waals surface area (Å²) in [7, 11) is 1.52. The fraction of sp³-hybridized carbons (Fsp3) is 0.400. The third-order valence-corrected chi connectivity index (χ3v) is 6.09. The molecular formula is C25H30N4O6S. The number of nitrogens with one attached hydrogen (secondary N) is 2. The summed E-state index contributed by atoms with van der Waals surface area (Å²) in [5.74, 6) is -0.688. The Kier molecular flexibility index (Phi) is 8.24. The van der Waals surface area contributed by atoms with Gasteiger partial charge in [-0.3, -0.25) is 24.5 Å². The fourth-order valence-corrected chi connectivity index (χ4v) is 4.30. The van der Waals surface area contributed by atoms with Crippen LogP contribution in [0.1, 0.15) is 37.9 Å². The van der Waals surface area contributed by atoms with Gasteiger partial charge in [-0.15, -0.1) is 0 Å². The van der Waals surface area contributed by atoms with E-state index in [-0.39, 0.29) is 17.9 Å². The molecule has 1 fully saturated rings. The molecule has 2 aromatic carbocycles. The number of thiol groups is 1. The van der Waals surface area contributed by atoms with Gasteiger partial charge in [0.25, 0.3) is 5.69 Å². The molecule has 1 aliphatic rings. The van der Waals surface area contributed by atoms with Crippen molar-refractivity contribution in [2.45, 2.75) is 50.9 Å². The summed E-state index contributed by atoms with van der Waals surface area (Å²) in [6.07, 6.45) is 0.0598. The number of piperazine rings is 1. The first-order valence-electron chi connectivity index (χ1n) is 11.4. The summed E-state index contributed by atoms with van der Waals surface area (Å²) >= 11 is 4.22. The molecule has 0 bridgehead atoms. The second-order valence-corrected chi connectivity index (χ2v) is 9.91. The summed E-state index contributed by atoms with van der Waals surface area (Å²) in [5, 5.41) is 16.6. The number of benzene rings is 2. The Morgan fingerprint density at radius 2 is 1.78 bits per heavy atom. The molecule has 0 aliphatic carbocycles.